The summed E-state index contributed by atoms with van der Waals surface area (Å²) in [6.45, 7) is 6.24. The van der Waals surface area contributed by atoms with Gasteiger partial charge in [0.05, 0.1) is 0 Å². The van der Waals surface area contributed by atoms with Gasteiger partial charge in [0, 0.05) is 32.0 Å². The van der Waals surface area contributed by atoms with Crippen LogP contribution in [0.15, 0.2) is 18.2 Å². The van der Waals surface area contributed by atoms with Gasteiger partial charge in [-0.2, -0.15) is 0 Å². The Bertz CT molecular complexity index is 764. The van der Waals surface area contributed by atoms with Crippen molar-refractivity contribution in [2.45, 2.75) is 63.7 Å². The van der Waals surface area contributed by atoms with E-state index < -0.39 is 0 Å². The van der Waals surface area contributed by atoms with Crippen LogP contribution in [-0.2, 0) is 15.0 Å². The lowest BCUT2D eigenvalue weighted by atomic mass is 9.71. The first-order valence-electron chi connectivity index (χ1n) is 10.8. The highest BCUT2D eigenvalue weighted by atomic mass is 19.1. The lowest BCUT2D eigenvalue weighted by Gasteiger charge is -2.43. The molecule has 2 aliphatic carbocycles. The Balaban J connectivity index is 1.49. The van der Waals surface area contributed by atoms with E-state index in [0.29, 0.717) is 24.8 Å². The van der Waals surface area contributed by atoms with Crippen molar-refractivity contribution in [1.29, 1.82) is 0 Å². The predicted octanol–water partition coefficient (Wildman–Crippen LogP) is 3.75. The Morgan fingerprint density at radius 2 is 1.96 bits per heavy atom. The molecule has 4 nitrogen and oxygen atoms in total. The van der Waals surface area contributed by atoms with Crippen LogP contribution in [-0.4, -0.2) is 36.3 Å². The fraction of sp³-hybridized carbons (Fsp3) is 0.652. The molecule has 2 fully saturated rings. The Labute approximate surface area is 166 Å². The molecular formula is C23H31FN2O2. The topological polar surface area (TPSA) is 49.4 Å². The van der Waals surface area contributed by atoms with Gasteiger partial charge in [-0.3, -0.25) is 9.59 Å². The van der Waals surface area contributed by atoms with Gasteiger partial charge in [0.25, 0.3) is 0 Å². The highest BCUT2D eigenvalue weighted by Gasteiger charge is 2.47. The summed E-state index contributed by atoms with van der Waals surface area (Å²) in [7, 11) is 0. The average Bonchev–Trinajstić information content (AvgIpc) is 2.92. The summed E-state index contributed by atoms with van der Waals surface area (Å²) in [4.78, 5) is 26.9. The molecule has 1 aliphatic heterocycles. The van der Waals surface area contributed by atoms with Crippen LogP contribution >= 0.6 is 0 Å². The number of hydrogen-bond acceptors (Lipinski definition) is 2. The Morgan fingerprint density at radius 1 is 1.25 bits per heavy atom. The normalized spacial score (nSPS) is 28.0. The number of halogens is 1. The summed E-state index contributed by atoms with van der Waals surface area (Å²) in [6.07, 6.45) is 5.10. The minimum absolute atomic E-state index is 0.0616. The maximum absolute atomic E-state index is 14.1. The SMILES string of the molecule is CCNC(=O)C[C@H]1CC2(CCN(C(=O)C3CC(C)C3)CC2)c2cc(F)ccc21. The van der Waals surface area contributed by atoms with Crippen LogP contribution in [0.1, 0.15) is 69.4 Å². The van der Waals surface area contributed by atoms with Crippen LogP contribution in [0.3, 0.4) is 0 Å². The highest BCUT2D eigenvalue weighted by Crippen LogP contribution is 2.53. The summed E-state index contributed by atoms with van der Waals surface area (Å²) in [5.41, 5.74) is 2.10. The van der Waals surface area contributed by atoms with E-state index in [-0.39, 0.29) is 29.0 Å². The molecule has 1 aromatic rings. The molecule has 1 N–H and O–H groups in total. The van der Waals surface area contributed by atoms with Crippen LogP contribution in [0.4, 0.5) is 4.39 Å². The first kappa shape index (κ1) is 19.4. The van der Waals surface area contributed by atoms with Gasteiger partial charge >= 0.3 is 0 Å². The van der Waals surface area contributed by atoms with E-state index in [0.717, 1.165) is 56.3 Å². The molecule has 1 saturated heterocycles. The number of hydrogen-bond donors (Lipinski definition) is 1. The van der Waals surface area contributed by atoms with Crippen LogP contribution in [0.2, 0.25) is 0 Å². The number of amides is 2. The molecule has 5 heteroatoms. The summed E-state index contributed by atoms with van der Waals surface area (Å²) >= 11 is 0. The monoisotopic (exact) mass is 386 g/mol. The number of likely N-dealkylation sites (tertiary alicyclic amines) is 1. The summed E-state index contributed by atoms with van der Waals surface area (Å²) in [5, 5.41) is 2.89. The third-order valence-electron chi connectivity index (χ3n) is 7.22. The van der Waals surface area contributed by atoms with Crippen molar-refractivity contribution >= 4 is 11.8 Å². The van der Waals surface area contributed by atoms with Crippen LogP contribution < -0.4 is 5.32 Å². The average molecular weight is 387 g/mol. The summed E-state index contributed by atoms with van der Waals surface area (Å²) < 4.78 is 14.1. The van der Waals surface area contributed by atoms with E-state index in [2.05, 4.69) is 12.2 Å². The molecule has 28 heavy (non-hydrogen) atoms. The maximum atomic E-state index is 14.1. The van der Waals surface area contributed by atoms with Crippen LogP contribution in [0, 0.1) is 17.7 Å². The molecule has 1 heterocycles. The number of piperidine rings is 1. The van der Waals surface area contributed by atoms with E-state index in [1.54, 1.807) is 6.07 Å². The van der Waals surface area contributed by atoms with Crippen molar-refractivity contribution in [2.75, 3.05) is 19.6 Å². The second kappa shape index (κ2) is 7.49. The zero-order valence-electron chi connectivity index (χ0n) is 17.0. The number of benzene rings is 1. The molecule has 0 aromatic heterocycles. The third-order valence-corrected chi connectivity index (χ3v) is 7.22. The largest absolute Gasteiger partial charge is 0.356 e. The van der Waals surface area contributed by atoms with E-state index in [1.807, 2.05) is 17.9 Å². The molecular weight excluding hydrogens is 355 g/mol. The zero-order valence-corrected chi connectivity index (χ0v) is 17.0. The number of rotatable bonds is 4. The molecule has 0 bridgehead atoms. The van der Waals surface area contributed by atoms with Gasteiger partial charge in [-0.1, -0.05) is 13.0 Å². The molecule has 1 saturated carbocycles. The van der Waals surface area contributed by atoms with E-state index in [4.69, 9.17) is 0 Å². The molecule has 2 amide bonds. The van der Waals surface area contributed by atoms with Crippen molar-refractivity contribution in [1.82, 2.24) is 10.2 Å². The van der Waals surface area contributed by atoms with E-state index in [9.17, 15) is 14.0 Å². The fourth-order valence-corrected chi connectivity index (χ4v) is 5.70. The number of nitrogens with one attached hydrogen (secondary N) is 1. The van der Waals surface area contributed by atoms with Crippen LogP contribution in [0.25, 0.3) is 0 Å². The minimum Gasteiger partial charge on any atom is -0.356 e. The Morgan fingerprint density at radius 3 is 2.61 bits per heavy atom. The molecule has 4 rings (SSSR count). The predicted molar refractivity (Wildman–Crippen MR) is 106 cm³/mol. The number of nitrogens with zero attached hydrogens (tertiary/aromatic N) is 1. The van der Waals surface area contributed by atoms with Gasteiger partial charge in [0.1, 0.15) is 5.82 Å². The Hall–Kier alpha value is -1.91. The molecule has 1 atom stereocenters. The molecule has 1 aromatic carbocycles. The van der Waals surface area contributed by atoms with Gasteiger partial charge in [0.15, 0.2) is 0 Å². The van der Waals surface area contributed by atoms with Gasteiger partial charge in [-0.15, -0.1) is 0 Å². The van der Waals surface area contributed by atoms with Gasteiger partial charge in [-0.25, -0.2) is 4.39 Å². The lowest BCUT2D eigenvalue weighted by Crippen LogP contribution is -2.48. The summed E-state index contributed by atoms with van der Waals surface area (Å²) in [5.74, 6) is 1.18. The van der Waals surface area contributed by atoms with Gasteiger partial charge in [-0.05, 0) is 79.5 Å². The molecule has 0 radical (unpaired) electrons. The minimum atomic E-state index is -0.209. The third kappa shape index (κ3) is 3.44. The second-order valence-corrected chi connectivity index (χ2v) is 9.17. The van der Waals surface area contributed by atoms with Gasteiger partial charge in [0.2, 0.25) is 11.8 Å². The molecule has 0 unspecified atom stereocenters. The number of fused-ring (bicyclic) bond motifs is 2. The van der Waals surface area contributed by atoms with Crippen molar-refractivity contribution in [3.05, 3.63) is 35.1 Å². The quantitative estimate of drug-likeness (QED) is 0.857. The first-order chi connectivity index (χ1) is 13.4. The maximum Gasteiger partial charge on any atom is 0.225 e. The van der Waals surface area contributed by atoms with Crippen molar-refractivity contribution in [3.8, 4) is 0 Å². The number of carbonyl (C=O) groups is 2. The molecule has 152 valence electrons. The smallest absolute Gasteiger partial charge is 0.225 e. The van der Waals surface area contributed by atoms with E-state index in [1.165, 1.54) is 6.07 Å². The first-order valence-corrected chi connectivity index (χ1v) is 10.8. The van der Waals surface area contributed by atoms with Gasteiger partial charge < -0.3 is 10.2 Å². The molecule has 1 spiro atoms. The van der Waals surface area contributed by atoms with Crippen molar-refractivity contribution in [3.63, 3.8) is 0 Å². The number of carbonyl (C=O) groups excluding carboxylic acids is 2. The fourth-order valence-electron chi connectivity index (χ4n) is 5.70. The standard InChI is InChI=1S/C23H31FN2O2/c1-3-25-21(27)12-17-14-23(20-13-18(24)4-5-19(17)20)6-8-26(9-7-23)22(28)16-10-15(2)11-16/h4-5,13,15-17H,3,6-12,14H2,1-2H3,(H,25,27)/t15?,16?,17-/m0/s1. The lowest BCUT2D eigenvalue weighted by molar-refractivity contribution is -0.141. The van der Waals surface area contributed by atoms with Crippen LogP contribution in [0.5, 0.6) is 0 Å². The Kier molecular flexibility index (Phi) is 5.19. The second-order valence-electron chi connectivity index (χ2n) is 9.17. The van der Waals surface area contributed by atoms with Crippen molar-refractivity contribution in [2.24, 2.45) is 11.8 Å². The highest BCUT2D eigenvalue weighted by molar-refractivity contribution is 5.80. The van der Waals surface area contributed by atoms with E-state index >= 15 is 0 Å². The molecule has 3 aliphatic rings. The summed E-state index contributed by atoms with van der Waals surface area (Å²) in [6, 6.07) is 5.06. The van der Waals surface area contributed by atoms with Crippen molar-refractivity contribution < 1.29 is 14.0 Å². The zero-order chi connectivity index (χ0) is 19.9.